The van der Waals surface area contributed by atoms with Crippen LogP contribution in [0.4, 0.5) is 0 Å². The Hall–Kier alpha value is -0.830. The van der Waals surface area contributed by atoms with Gasteiger partial charge in [-0.1, -0.05) is 0 Å². The number of imidazole rings is 1. The number of fused-ring (bicyclic) bond motifs is 1. The molecule has 2 heterocycles. The van der Waals surface area contributed by atoms with Crippen LogP contribution in [0.25, 0.3) is 0 Å². The van der Waals surface area contributed by atoms with Crippen molar-refractivity contribution in [3.05, 3.63) is 18.2 Å². The molecule has 2 N–H and O–H groups in total. The normalized spacial score (nSPS) is 23.2. The first-order chi connectivity index (χ1) is 5.40. The van der Waals surface area contributed by atoms with Gasteiger partial charge in [0.15, 0.2) is 0 Å². The van der Waals surface area contributed by atoms with Gasteiger partial charge in [0, 0.05) is 25.4 Å². The van der Waals surface area contributed by atoms with E-state index in [2.05, 4.69) is 9.55 Å². The van der Waals surface area contributed by atoms with Crippen molar-refractivity contribution in [2.24, 2.45) is 11.7 Å². The summed E-state index contributed by atoms with van der Waals surface area (Å²) >= 11 is 0. The summed E-state index contributed by atoms with van der Waals surface area (Å²) in [6.45, 7) is 1.86. The fourth-order valence-corrected chi connectivity index (χ4v) is 1.63. The molecule has 1 atom stereocenters. The maximum atomic E-state index is 5.60. The monoisotopic (exact) mass is 151 g/mol. The van der Waals surface area contributed by atoms with Crippen molar-refractivity contribution in [1.82, 2.24) is 9.55 Å². The highest BCUT2D eigenvalue weighted by Gasteiger charge is 2.16. The number of rotatable bonds is 1. The molecule has 0 aromatic carbocycles. The molecule has 11 heavy (non-hydrogen) atoms. The van der Waals surface area contributed by atoms with Crippen molar-refractivity contribution < 1.29 is 0 Å². The summed E-state index contributed by atoms with van der Waals surface area (Å²) in [5.41, 5.74) is 5.60. The smallest absolute Gasteiger partial charge is 0.108 e. The van der Waals surface area contributed by atoms with Crippen LogP contribution < -0.4 is 5.73 Å². The Morgan fingerprint density at radius 1 is 1.73 bits per heavy atom. The highest BCUT2D eigenvalue weighted by atomic mass is 15.1. The van der Waals surface area contributed by atoms with Gasteiger partial charge in [0.1, 0.15) is 5.82 Å². The average molecular weight is 151 g/mol. The van der Waals surface area contributed by atoms with Crippen molar-refractivity contribution in [2.45, 2.75) is 19.4 Å². The Balaban J connectivity index is 2.18. The maximum Gasteiger partial charge on any atom is 0.108 e. The first kappa shape index (κ1) is 6.85. The first-order valence-electron chi connectivity index (χ1n) is 4.10. The van der Waals surface area contributed by atoms with Gasteiger partial charge in [-0.2, -0.15) is 0 Å². The molecule has 1 aromatic heterocycles. The summed E-state index contributed by atoms with van der Waals surface area (Å²) in [4.78, 5) is 4.25. The average Bonchev–Trinajstić information content (AvgIpc) is 2.50. The number of hydrogen-bond acceptors (Lipinski definition) is 2. The standard InChI is InChI=1S/C8H13N3/c9-5-7-1-2-8-10-3-4-11(8)6-7/h3-4,7H,1-2,5-6,9H2. The van der Waals surface area contributed by atoms with E-state index in [-0.39, 0.29) is 0 Å². The van der Waals surface area contributed by atoms with Crippen LogP contribution in [0, 0.1) is 5.92 Å². The van der Waals surface area contributed by atoms with Gasteiger partial charge in [0.05, 0.1) is 0 Å². The number of nitrogens with zero attached hydrogens (tertiary/aromatic N) is 2. The van der Waals surface area contributed by atoms with Gasteiger partial charge in [-0.05, 0) is 18.9 Å². The highest BCUT2D eigenvalue weighted by Crippen LogP contribution is 2.16. The Morgan fingerprint density at radius 3 is 3.45 bits per heavy atom. The van der Waals surface area contributed by atoms with Gasteiger partial charge < -0.3 is 10.3 Å². The van der Waals surface area contributed by atoms with Gasteiger partial charge in [0.2, 0.25) is 0 Å². The van der Waals surface area contributed by atoms with E-state index in [1.165, 1.54) is 12.2 Å². The Morgan fingerprint density at radius 2 is 2.64 bits per heavy atom. The Labute approximate surface area is 66.2 Å². The second kappa shape index (κ2) is 2.66. The number of hydrogen-bond donors (Lipinski definition) is 1. The van der Waals surface area contributed by atoms with Crippen molar-refractivity contribution in [3.63, 3.8) is 0 Å². The summed E-state index contributed by atoms with van der Waals surface area (Å²) in [7, 11) is 0. The second-order valence-electron chi connectivity index (χ2n) is 3.14. The zero-order chi connectivity index (χ0) is 7.68. The van der Waals surface area contributed by atoms with E-state index < -0.39 is 0 Å². The molecule has 1 aromatic rings. The fourth-order valence-electron chi connectivity index (χ4n) is 1.63. The third-order valence-corrected chi connectivity index (χ3v) is 2.37. The van der Waals surface area contributed by atoms with Crippen molar-refractivity contribution >= 4 is 0 Å². The molecule has 60 valence electrons. The van der Waals surface area contributed by atoms with Gasteiger partial charge >= 0.3 is 0 Å². The van der Waals surface area contributed by atoms with Crippen molar-refractivity contribution in [1.29, 1.82) is 0 Å². The van der Waals surface area contributed by atoms with Crippen LogP contribution in [0.5, 0.6) is 0 Å². The SMILES string of the molecule is NCC1CCc2nccn2C1. The predicted molar refractivity (Wildman–Crippen MR) is 43.1 cm³/mol. The zero-order valence-corrected chi connectivity index (χ0v) is 6.53. The Kier molecular flexibility index (Phi) is 1.66. The van der Waals surface area contributed by atoms with E-state index in [1.807, 2.05) is 12.4 Å². The third kappa shape index (κ3) is 1.16. The minimum absolute atomic E-state index is 0.664. The minimum atomic E-state index is 0.664. The van der Waals surface area contributed by atoms with E-state index in [9.17, 15) is 0 Å². The van der Waals surface area contributed by atoms with Crippen molar-refractivity contribution in [2.75, 3.05) is 6.54 Å². The molecule has 1 aliphatic rings. The predicted octanol–water partition coefficient (Wildman–Crippen LogP) is 0.404. The molecule has 0 radical (unpaired) electrons. The lowest BCUT2D eigenvalue weighted by Crippen LogP contribution is -2.25. The highest BCUT2D eigenvalue weighted by molar-refractivity contribution is 4.96. The quantitative estimate of drug-likeness (QED) is 0.631. The lowest BCUT2D eigenvalue weighted by atomic mass is 10.00. The summed E-state index contributed by atoms with van der Waals surface area (Å²) in [6.07, 6.45) is 6.20. The first-order valence-corrected chi connectivity index (χ1v) is 4.10. The fraction of sp³-hybridized carbons (Fsp3) is 0.625. The largest absolute Gasteiger partial charge is 0.335 e. The van der Waals surface area contributed by atoms with Crippen LogP contribution in [0.3, 0.4) is 0 Å². The summed E-state index contributed by atoms with van der Waals surface area (Å²) in [6, 6.07) is 0. The van der Waals surface area contributed by atoms with E-state index in [1.54, 1.807) is 0 Å². The number of aromatic nitrogens is 2. The van der Waals surface area contributed by atoms with Crippen LogP contribution in [-0.4, -0.2) is 16.1 Å². The van der Waals surface area contributed by atoms with Crippen LogP contribution in [0.2, 0.25) is 0 Å². The van der Waals surface area contributed by atoms with Gasteiger partial charge in [-0.3, -0.25) is 0 Å². The van der Waals surface area contributed by atoms with Gasteiger partial charge in [0.25, 0.3) is 0 Å². The molecule has 0 saturated heterocycles. The Bertz CT molecular complexity index is 241. The second-order valence-corrected chi connectivity index (χ2v) is 3.14. The summed E-state index contributed by atoms with van der Waals surface area (Å²) < 4.78 is 2.21. The summed E-state index contributed by atoms with van der Waals surface area (Å²) in [5.74, 6) is 1.88. The summed E-state index contributed by atoms with van der Waals surface area (Å²) in [5, 5.41) is 0. The molecule has 1 unspecified atom stereocenters. The molecule has 0 bridgehead atoms. The van der Waals surface area contributed by atoms with E-state index in [4.69, 9.17) is 5.73 Å². The molecular weight excluding hydrogens is 138 g/mol. The maximum absolute atomic E-state index is 5.60. The number of nitrogens with two attached hydrogens (primary N) is 1. The van der Waals surface area contributed by atoms with Crippen molar-refractivity contribution in [3.8, 4) is 0 Å². The molecule has 2 rings (SSSR count). The van der Waals surface area contributed by atoms with Crippen LogP contribution in [0.1, 0.15) is 12.2 Å². The molecule has 0 spiro atoms. The van der Waals surface area contributed by atoms with Gasteiger partial charge in [-0.15, -0.1) is 0 Å². The minimum Gasteiger partial charge on any atom is -0.335 e. The number of aryl methyl sites for hydroxylation is 1. The third-order valence-electron chi connectivity index (χ3n) is 2.37. The molecule has 1 aliphatic heterocycles. The lowest BCUT2D eigenvalue weighted by molar-refractivity contribution is 0.373. The van der Waals surface area contributed by atoms with Gasteiger partial charge in [-0.25, -0.2) is 4.98 Å². The molecule has 0 aliphatic carbocycles. The molecular formula is C8H13N3. The topological polar surface area (TPSA) is 43.8 Å². The van der Waals surface area contributed by atoms with Crippen LogP contribution in [0.15, 0.2) is 12.4 Å². The lowest BCUT2D eigenvalue weighted by Gasteiger charge is -2.21. The molecule has 0 amide bonds. The van der Waals surface area contributed by atoms with E-state index in [0.717, 1.165) is 19.5 Å². The molecule has 3 nitrogen and oxygen atoms in total. The van der Waals surface area contributed by atoms with Crippen LogP contribution in [-0.2, 0) is 13.0 Å². The van der Waals surface area contributed by atoms with Crippen LogP contribution >= 0.6 is 0 Å². The molecule has 0 fully saturated rings. The molecule has 0 saturated carbocycles. The van der Waals surface area contributed by atoms with E-state index in [0.29, 0.717) is 5.92 Å². The van der Waals surface area contributed by atoms with E-state index >= 15 is 0 Å². The zero-order valence-electron chi connectivity index (χ0n) is 6.53. The molecule has 3 heteroatoms.